The van der Waals surface area contributed by atoms with E-state index in [0.29, 0.717) is 5.56 Å². The molecule has 0 aliphatic rings. The Hall–Kier alpha value is -2.81. The third-order valence-electron chi connectivity index (χ3n) is 4.76. The van der Waals surface area contributed by atoms with Crippen LogP contribution >= 0.6 is 0 Å². The van der Waals surface area contributed by atoms with Gasteiger partial charge in [-0.25, -0.2) is 13.2 Å². The van der Waals surface area contributed by atoms with Gasteiger partial charge in [-0.3, -0.25) is 0 Å². The summed E-state index contributed by atoms with van der Waals surface area (Å²) in [4.78, 5) is 0. The number of hydrogen-bond acceptors (Lipinski definition) is 0. The van der Waals surface area contributed by atoms with Crippen LogP contribution in [0.4, 0.5) is 13.2 Å². The maximum absolute atomic E-state index is 14.7. The van der Waals surface area contributed by atoms with Gasteiger partial charge in [0, 0.05) is 5.56 Å². The molecule has 0 unspecified atom stereocenters. The molecule has 0 atom stereocenters. The van der Waals surface area contributed by atoms with Crippen molar-refractivity contribution in [1.82, 2.24) is 0 Å². The second kappa shape index (κ2) is 6.49. The Bertz CT molecular complexity index is 1130. The maximum Gasteiger partial charge on any atom is 0.159 e. The average Bonchev–Trinajstić information content (AvgIpc) is 2.63. The second-order valence-electron chi connectivity index (χ2n) is 6.55. The van der Waals surface area contributed by atoms with Crippen molar-refractivity contribution < 1.29 is 13.2 Å². The molecule has 0 aliphatic carbocycles. The summed E-state index contributed by atoms with van der Waals surface area (Å²) >= 11 is 0. The van der Waals surface area contributed by atoms with E-state index in [0.717, 1.165) is 46.5 Å². The van der Waals surface area contributed by atoms with E-state index in [1.165, 1.54) is 17.7 Å². The van der Waals surface area contributed by atoms with Gasteiger partial charge in [-0.05, 0) is 63.4 Å². The van der Waals surface area contributed by atoms with Gasteiger partial charge in [0.1, 0.15) is 5.82 Å². The lowest BCUT2D eigenvalue weighted by atomic mass is 9.95. The van der Waals surface area contributed by atoms with E-state index in [1.54, 1.807) is 6.07 Å². The SMILES string of the molecule is CCCc1ccc2c(ccc3cc(-c4ccc(F)c(F)c4)c(F)cc32)c1. The summed E-state index contributed by atoms with van der Waals surface area (Å²) in [6.07, 6.45) is 2.09. The van der Waals surface area contributed by atoms with E-state index in [9.17, 15) is 13.2 Å². The number of benzene rings is 4. The fourth-order valence-corrected chi connectivity index (χ4v) is 3.47. The fourth-order valence-electron chi connectivity index (χ4n) is 3.47. The summed E-state index contributed by atoms with van der Waals surface area (Å²) in [7, 11) is 0. The van der Waals surface area contributed by atoms with Crippen LogP contribution in [0, 0.1) is 17.5 Å². The molecule has 0 nitrogen and oxygen atoms in total. The molecule has 0 spiro atoms. The summed E-state index contributed by atoms with van der Waals surface area (Å²) in [6.45, 7) is 2.14. The second-order valence-corrected chi connectivity index (χ2v) is 6.55. The minimum Gasteiger partial charge on any atom is -0.206 e. The van der Waals surface area contributed by atoms with Gasteiger partial charge in [0.15, 0.2) is 11.6 Å². The highest BCUT2D eigenvalue weighted by Crippen LogP contribution is 2.33. The molecule has 0 N–H and O–H groups in total. The van der Waals surface area contributed by atoms with Crippen LogP contribution in [0.5, 0.6) is 0 Å². The summed E-state index contributed by atoms with van der Waals surface area (Å²) < 4.78 is 41.4. The number of aryl methyl sites for hydroxylation is 1. The van der Waals surface area contributed by atoms with Crippen LogP contribution in [-0.2, 0) is 6.42 Å². The molecule has 130 valence electrons. The first kappa shape index (κ1) is 16.6. The molecule has 0 radical (unpaired) electrons. The molecule has 0 saturated carbocycles. The van der Waals surface area contributed by atoms with Crippen molar-refractivity contribution in [3.8, 4) is 11.1 Å². The summed E-state index contributed by atoms with van der Waals surface area (Å²) in [5.74, 6) is -2.37. The molecule has 0 heterocycles. The van der Waals surface area contributed by atoms with Crippen LogP contribution in [0.2, 0.25) is 0 Å². The van der Waals surface area contributed by atoms with E-state index in [1.807, 2.05) is 18.2 Å². The van der Waals surface area contributed by atoms with Crippen LogP contribution in [0.3, 0.4) is 0 Å². The first-order valence-corrected chi connectivity index (χ1v) is 8.67. The van der Waals surface area contributed by atoms with Crippen LogP contribution < -0.4 is 0 Å². The van der Waals surface area contributed by atoms with Gasteiger partial charge in [-0.15, -0.1) is 0 Å². The molecule has 0 fully saturated rings. The third kappa shape index (κ3) is 2.84. The van der Waals surface area contributed by atoms with Crippen molar-refractivity contribution in [3.63, 3.8) is 0 Å². The largest absolute Gasteiger partial charge is 0.206 e. The van der Waals surface area contributed by atoms with Gasteiger partial charge in [-0.2, -0.15) is 0 Å². The lowest BCUT2D eigenvalue weighted by molar-refractivity contribution is 0.509. The smallest absolute Gasteiger partial charge is 0.159 e. The lowest BCUT2D eigenvalue weighted by Crippen LogP contribution is -1.90. The highest BCUT2D eigenvalue weighted by Gasteiger charge is 2.12. The standard InChI is InChI=1S/C23H17F3/c1-2-3-14-4-8-18-15(10-14)5-6-16-11-20(22(25)13-19(16)18)17-7-9-21(24)23(26)12-17/h4-13H,2-3H2,1H3. The van der Waals surface area contributed by atoms with Gasteiger partial charge >= 0.3 is 0 Å². The number of halogens is 3. The fraction of sp³-hybridized carbons (Fsp3) is 0.130. The maximum atomic E-state index is 14.7. The summed E-state index contributed by atoms with van der Waals surface area (Å²) in [5.41, 5.74) is 1.85. The zero-order chi connectivity index (χ0) is 18.3. The lowest BCUT2D eigenvalue weighted by Gasteiger charge is -2.10. The minimum atomic E-state index is -0.982. The molecule has 0 bridgehead atoms. The van der Waals surface area contributed by atoms with E-state index >= 15 is 0 Å². The molecule has 0 aromatic heterocycles. The quantitative estimate of drug-likeness (QED) is 0.348. The van der Waals surface area contributed by atoms with Crippen molar-refractivity contribution in [2.75, 3.05) is 0 Å². The highest BCUT2D eigenvalue weighted by molar-refractivity contribution is 6.08. The first-order chi connectivity index (χ1) is 12.6. The Labute approximate surface area is 149 Å². The Morgan fingerprint density at radius 1 is 0.654 bits per heavy atom. The average molecular weight is 350 g/mol. The molecule has 4 rings (SSSR count). The molecule has 4 aromatic rings. The third-order valence-corrected chi connectivity index (χ3v) is 4.76. The van der Waals surface area contributed by atoms with Gasteiger partial charge in [-0.1, -0.05) is 49.7 Å². The zero-order valence-corrected chi connectivity index (χ0v) is 14.3. The van der Waals surface area contributed by atoms with Crippen molar-refractivity contribution >= 4 is 21.5 Å². The number of hydrogen-bond donors (Lipinski definition) is 0. The van der Waals surface area contributed by atoms with Gasteiger partial charge in [0.25, 0.3) is 0 Å². The predicted octanol–water partition coefficient (Wildman–Crippen LogP) is 7.03. The summed E-state index contributed by atoms with van der Waals surface area (Å²) in [5, 5.41) is 3.73. The number of fused-ring (bicyclic) bond motifs is 3. The van der Waals surface area contributed by atoms with E-state index in [-0.39, 0.29) is 5.56 Å². The Balaban J connectivity index is 1.91. The topological polar surface area (TPSA) is 0 Å². The Morgan fingerprint density at radius 3 is 2.15 bits per heavy atom. The number of rotatable bonds is 3. The molecular weight excluding hydrogens is 333 g/mol. The molecule has 0 saturated heterocycles. The minimum absolute atomic E-state index is 0.262. The Morgan fingerprint density at radius 2 is 1.42 bits per heavy atom. The van der Waals surface area contributed by atoms with E-state index < -0.39 is 17.5 Å². The molecular formula is C23H17F3. The van der Waals surface area contributed by atoms with Crippen molar-refractivity contribution in [1.29, 1.82) is 0 Å². The van der Waals surface area contributed by atoms with Crippen LogP contribution in [0.15, 0.2) is 60.7 Å². The van der Waals surface area contributed by atoms with Crippen molar-refractivity contribution in [2.24, 2.45) is 0 Å². The normalized spacial score (nSPS) is 11.4. The van der Waals surface area contributed by atoms with E-state index in [2.05, 4.69) is 19.1 Å². The molecule has 26 heavy (non-hydrogen) atoms. The van der Waals surface area contributed by atoms with Crippen molar-refractivity contribution in [2.45, 2.75) is 19.8 Å². The zero-order valence-electron chi connectivity index (χ0n) is 14.3. The molecule has 0 amide bonds. The van der Waals surface area contributed by atoms with Gasteiger partial charge < -0.3 is 0 Å². The molecule has 3 heteroatoms. The first-order valence-electron chi connectivity index (χ1n) is 8.67. The monoisotopic (exact) mass is 350 g/mol. The predicted molar refractivity (Wildman–Crippen MR) is 101 cm³/mol. The van der Waals surface area contributed by atoms with Crippen LogP contribution in [0.1, 0.15) is 18.9 Å². The van der Waals surface area contributed by atoms with Crippen LogP contribution in [-0.4, -0.2) is 0 Å². The highest BCUT2D eigenvalue weighted by atomic mass is 19.2. The van der Waals surface area contributed by atoms with Crippen LogP contribution in [0.25, 0.3) is 32.7 Å². The summed E-state index contributed by atoms with van der Waals surface area (Å²) in [6, 6.07) is 16.8. The van der Waals surface area contributed by atoms with Gasteiger partial charge in [0.05, 0.1) is 0 Å². The van der Waals surface area contributed by atoms with Gasteiger partial charge in [0.2, 0.25) is 0 Å². The Kier molecular flexibility index (Phi) is 4.15. The molecule has 0 aliphatic heterocycles. The van der Waals surface area contributed by atoms with Crippen molar-refractivity contribution in [3.05, 3.63) is 83.7 Å². The van der Waals surface area contributed by atoms with E-state index in [4.69, 9.17) is 0 Å². The molecule has 4 aromatic carbocycles.